The Morgan fingerprint density at radius 1 is 1.29 bits per heavy atom. The zero-order chi connectivity index (χ0) is 15.1. The van der Waals surface area contributed by atoms with Gasteiger partial charge < -0.3 is 15.5 Å². The SMILES string of the molecule is CC(C)CCN1CCC(CNC(=O)C2CCCNC2)CC1. The average Bonchev–Trinajstić information content (AvgIpc) is 2.52. The number of hydrogen-bond acceptors (Lipinski definition) is 3. The number of carbonyl (C=O) groups is 1. The molecule has 122 valence electrons. The molecule has 0 aromatic rings. The van der Waals surface area contributed by atoms with E-state index in [0.29, 0.717) is 5.92 Å². The molecule has 2 aliphatic heterocycles. The summed E-state index contributed by atoms with van der Waals surface area (Å²) >= 11 is 0. The van der Waals surface area contributed by atoms with Gasteiger partial charge in [-0.05, 0) is 70.1 Å². The molecule has 2 N–H and O–H groups in total. The average molecular weight is 295 g/mol. The minimum absolute atomic E-state index is 0.199. The second kappa shape index (κ2) is 8.74. The van der Waals surface area contributed by atoms with Gasteiger partial charge in [-0.1, -0.05) is 13.8 Å². The molecule has 4 heteroatoms. The van der Waals surface area contributed by atoms with E-state index in [1.807, 2.05) is 0 Å². The summed E-state index contributed by atoms with van der Waals surface area (Å²) in [6.45, 7) is 11.1. The van der Waals surface area contributed by atoms with E-state index in [0.717, 1.165) is 38.4 Å². The quantitative estimate of drug-likeness (QED) is 0.786. The van der Waals surface area contributed by atoms with Crippen LogP contribution >= 0.6 is 0 Å². The van der Waals surface area contributed by atoms with Crippen LogP contribution in [0, 0.1) is 17.8 Å². The Morgan fingerprint density at radius 3 is 2.67 bits per heavy atom. The van der Waals surface area contributed by atoms with Crippen molar-refractivity contribution in [3.63, 3.8) is 0 Å². The highest BCUT2D eigenvalue weighted by Crippen LogP contribution is 2.18. The van der Waals surface area contributed by atoms with Crippen molar-refractivity contribution in [3.05, 3.63) is 0 Å². The van der Waals surface area contributed by atoms with Gasteiger partial charge in [0.2, 0.25) is 5.91 Å². The Labute approximate surface area is 130 Å². The van der Waals surface area contributed by atoms with Crippen molar-refractivity contribution >= 4 is 5.91 Å². The molecule has 2 fully saturated rings. The third-order valence-corrected chi connectivity index (χ3v) is 4.96. The molecule has 0 radical (unpaired) electrons. The number of hydrogen-bond donors (Lipinski definition) is 2. The maximum absolute atomic E-state index is 12.1. The first-order chi connectivity index (χ1) is 10.1. The van der Waals surface area contributed by atoms with Crippen LogP contribution in [-0.4, -0.2) is 50.1 Å². The highest BCUT2D eigenvalue weighted by Gasteiger charge is 2.23. The molecule has 1 amide bonds. The summed E-state index contributed by atoms with van der Waals surface area (Å²) in [5, 5.41) is 6.50. The molecule has 1 atom stereocenters. The van der Waals surface area contributed by atoms with Crippen LogP contribution in [0.5, 0.6) is 0 Å². The summed E-state index contributed by atoms with van der Waals surface area (Å²) in [7, 11) is 0. The first kappa shape index (κ1) is 16.8. The van der Waals surface area contributed by atoms with Crippen LogP contribution in [-0.2, 0) is 4.79 Å². The monoisotopic (exact) mass is 295 g/mol. The second-order valence-corrected chi connectivity index (χ2v) is 7.26. The summed E-state index contributed by atoms with van der Waals surface area (Å²) in [5.74, 6) is 1.95. The van der Waals surface area contributed by atoms with E-state index < -0.39 is 0 Å². The predicted molar refractivity (Wildman–Crippen MR) is 87.2 cm³/mol. The minimum atomic E-state index is 0.199. The highest BCUT2D eigenvalue weighted by atomic mass is 16.1. The molecule has 0 aliphatic carbocycles. The Morgan fingerprint density at radius 2 is 2.05 bits per heavy atom. The highest BCUT2D eigenvalue weighted by molar-refractivity contribution is 5.78. The van der Waals surface area contributed by atoms with Gasteiger partial charge in [0.1, 0.15) is 0 Å². The maximum atomic E-state index is 12.1. The predicted octanol–water partition coefficient (Wildman–Crippen LogP) is 1.86. The van der Waals surface area contributed by atoms with Gasteiger partial charge in [0.25, 0.3) is 0 Å². The Bertz CT molecular complexity index is 305. The molecule has 0 aromatic carbocycles. The number of amides is 1. The molecule has 2 heterocycles. The molecule has 2 aliphatic rings. The van der Waals surface area contributed by atoms with E-state index in [1.54, 1.807) is 0 Å². The lowest BCUT2D eigenvalue weighted by molar-refractivity contribution is -0.125. The summed E-state index contributed by atoms with van der Waals surface area (Å²) in [6, 6.07) is 0. The molecule has 21 heavy (non-hydrogen) atoms. The Hall–Kier alpha value is -0.610. The van der Waals surface area contributed by atoms with Crippen LogP contribution in [0.1, 0.15) is 46.0 Å². The molecule has 0 aromatic heterocycles. The summed E-state index contributed by atoms with van der Waals surface area (Å²) in [4.78, 5) is 14.7. The number of carbonyl (C=O) groups excluding carboxylic acids is 1. The maximum Gasteiger partial charge on any atom is 0.224 e. The van der Waals surface area contributed by atoms with Gasteiger partial charge in [0, 0.05) is 13.1 Å². The minimum Gasteiger partial charge on any atom is -0.356 e. The van der Waals surface area contributed by atoms with Crippen molar-refractivity contribution in [2.24, 2.45) is 17.8 Å². The fourth-order valence-electron chi connectivity index (χ4n) is 3.32. The summed E-state index contributed by atoms with van der Waals surface area (Å²) in [6.07, 6.45) is 5.96. The third kappa shape index (κ3) is 5.95. The Kier molecular flexibility index (Phi) is 6.97. The van der Waals surface area contributed by atoms with Crippen molar-refractivity contribution in [2.75, 3.05) is 39.3 Å². The molecule has 2 rings (SSSR count). The first-order valence-electron chi connectivity index (χ1n) is 8.86. The smallest absolute Gasteiger partial charge is 0.224 e. The van der Waals surface area contributed by atoms with Crippen molar-refractivity contribution in [3.8, 4) is 0 Å². The molecule has 1 unspecified atom stereocenters. The van der Waals surface area contributed by atoms with Gasteiger partial charge >= 0.3 is 0 Å². The third-order valence-electron chi connectivity index (χ3n) is 4.96. The normalized spacial score (nSPS) is 25.2. The molecule has 0 bridgehead atoms. The number of likely N-dealkylation sites (tertiary alicyclic amines) is 1. The van der Waals surface area contributed by atoms with Crippen LogP contribution in [0.3, 0.4) is 0 Å². The molecule has 0 saturated carbocycles. The topological polar surface area (TPSA) is 44.4 Å². The number of nitrogens with one attached hydrogen (secondary N) is 2. The van der Waals surface area contributed by atoms with E-state index in [9.17, 15) is 4.79 Å². The molecular formula is C17H33N3O. The Balaban J connectivity index is 1.59. The fourth-order valence-corrected chi connectivity index (χ4v) is 3.32. The van der Waals surface area contributed by atoms with Crippen LogP contribution in [0.4, 0.5) is 0 Å². The van der Waals surface area contributed by atoms with E-state index >= 15 is 0 Å². The number of rotatable bonds is 6. The van der Waals surface area contributed by atoms with Crippen molar-refractivity contribution in [2.45, 2.75) is 46.0 Å². The summed E-state index contributed by atoms with van der Waals surface area (Å²) in [5.41, 5.74) is 0. The van der Waals surface area contributed by atoms with Crippen LogP contribution in [0.25, 0.3) is 0 Å². The van der Waals surface area contributed by atoms with Gasteiger partial charge in [-0.3, -0.25) is 4.79 Å². The van der Waals surface area contributed by atoms with Gasteiger partial charge in [0.05, 0.1) is 5.92 Å². The lowest BCUT2D eigenvalue weighted by Gasteiger charge is -2.32. The number of piperidine rings is 2. The zero-order valence-electron chi connectivity index (χ0n) is 13.9. The van der Waals surface area contributed by atoms with Gasteiger partial charge in [-0.2, -0.15) is 0 Å². The second-order valence-electron chi connectivity index (χ2n) is 7.26. The fraction of sp³-hybridized carbons (Fsp3) is 0.941. The van der Waals surface area contributed by atoms with Gasteiger partial charge in [-0.25, -0.2) is 0 Å². The molecule has 0 spiro atoms. The van der Waals surface area contributed by atoms with E-state index in [2.05, 4.69) is 29.4 Å². The standard InChI is InChI=1S/C17H33N3O/c1-14(2)5-9-20-10-6-15(7-11-20)12-19-17(21)16-4-3-8-18-13-16/h14-16,18H,3-13H2,1-2H3,(H,19,21). The lowest BCUT2D eigenvalue weighted by atomic mass is 9.95. The molecular weight excluding hydrogens is 262 g/mol. The van der Waals surface area contributed by atoms with E-state index in [-0.39, 0.29) is 11.8 Å². The zero-order valence-corrected chi connectivity index (χ0v) is 13.9. The van der Waals surface area contributed by atoms with Gasteiger partial charge in [0.15, 0.2) is 0 Å². The summed E-state index contributed by atoms with van der Waals surface area (Å²) < 4.78 is 0. The first-order valence-corrected chi connectivity index (χ1v) is 8.86. The van der Waals surface area contributed by atoms with Gasteiger partial charge in [-0.15, -0.1) is 0 Å². The van der Waals surface area contributed by atoms with Crippen molar-refractivity contribution in [1.29, 1.82) is 0 Å². The molecule has 4 nitrogen and oxygen atoms in total. The lowest BCUT2D eigenvalue weighted by Crippen LogP contribution is -2.43. The van der Waals surface area contributed by atoms with E-state index in [1.165, 1.54) is 38.9 Å². The molecule has 2 saturated heterocycles. The van der Waals surface area contributed by atoms with Crippen molar-refractivity contribution in [1.82, 2.24) is 15.5 Å². The van der Waals surface area contributed by atoms with Crippen LogP contribution in [0.15, 0.2) is 0 Å². The van der Waals surface area contributed by atoms with E-state index in [4.69, 9.17) is 0 Å². The largest absolute Gasteiger partial charge is 0.356 e. The van der Waals surface area contributed by atoms with Crippen LogP contribution in [0.2, 0.25) is 0 Å². The van der Waals surface area contributed by atoms with Crippen molar-refractivity contribution < 1.29 is 4.79 Å². The number of nitrogens with zero attached hydrogens (tertiary/aromatic N) is 1. The van der Waals surface area contributed by atoms with Crippen LogP contribution < -0.4 is 10.6 Å².